The lowest BCUT2D eigenvalue weighted by Crippen LogP contribution is -2.39. The number of hydrogen-bond donors (Lipinski definition) is 2. The van der Waals surface area contributed by atoms with Crippen molar-refractivity contribution in [2.24, 2.45) is 4.99 Å². The fraction of sp³-hybridized carbons (Fsp3) is 0.533. The van der Waals surface area contributed by atoms with Crippen molar-refractivity contribution < 1.29 is 4.74 Å². The number of rotatable bonds is 6. The molecule has 0 heterocycles. The number of ether oxygens (including phenoxy) is 1. The van der Waals surface area contributed by atoms with Gasteiger partial charge in [-0.2, -0.15) is 0 Å². The van der Waals surface area contributed by atoms with Gasteiger partial charge in [0.25, 0.3) is 0 Å². The van der Waals surface area contributed by atoms with Crippen LogP contribution >= 0.6 is 24.0 Å². The van der Waals surface area contributed by atoms with Crippen molar-refractivity contribution in [2.45, 2.75) is 32.4 Å². The molecule has 0 bridgehead atoms. The largest absolute Gasteiger partial charge is 0.382 e. The Hall–Kier alpha value is -0.820. The summed E-state index contributed by atoms with van der Waals surface area (Å²) in [4.78, 5) is 4.23. The molecule has 4 nitrogen and oxygen atoms in total. The van der Waals surface area contributed by atoms with Crippen LogP contribution < -0.4 is 10.6 Å². The zero-order valence-electron chi connectivity index (χ0n) is 12.7. The van der Waals surface area contributed by atoms with Gasteiger partial charge in [-0.1, -0.05) is 30.3 Å². The van der Waals surface area contributed by atoms with Gasteiger partial charge in [0.2, 0.25) is 0 Å². The molecule has 0 saturated heterocycles. The minimum absolute atomic E-state index is 0. The van der Waals surface area contributed by atoms with Crippen molar-refractivity contribution in [1.29, 1.82) is 0 Å². The van der Waals surface area contributed by atoms with Crippen LogP contribution in [0.3, 0.4) is 0 Å². The molecule has 2 unspecified atom stereocenters. The van der Waals surface area contributed by atoms with Crippen LogP contribution in [0.1, 0.15) is 31.9 Å². The number of nitrogens with zero attached hydrogens (tertiary/aromatic N) is 1. The highest BCUT2D eigenvalue weighted by Gasteiger charge is 2.07. The summed E-state index contributed by atoms with van der Waals surface area (Å²) in [7, 11) is 3.52. The van der Waals surface area contributed by atoms with Crippen LogP contribution in [0, 0.1) is 0 Å². The van der Waals surface area contributed by atoms with Crippen molar-refractivity contribution in [3.05, 3.63) is 35.9 Å². The highest BCUT2D eigenvalue weighted by atomic mass is 127. The van der Waals surface area contributed by atoms with Crippen LogP contribution in [0.25, 0.3) is 0 Å². The van der Waals surface area contributed by atoms with Gasteiger partial charge >= 0.3 is 0 Å². The summed E-state index contributed by atoms with van der Waals surface area (Å²) in [5.41, 5.74) is 1.25. The minimum atomic E-state index is 0. The van der Waals surface area contributed by atoms with E-state index in [1.807, 2.05) is 18.2 Å². The van der Waals surface area contributed by atoms with Gasteiger partial charge in [0.1, 0.15) is 0 Å². The smallest absolute Gasteiger partial charge is 0.191 e. The predicted octanol–water partition coefficient (Wildman–Crippen LogP) is 2.96. The average Bonchev–Trinajstić information content (AvgIpc) is 2.46. The summed E-state index contributed by atoms with van der Waals surface area (Å²) in [6.07, 6.45) is 1.22. The van der Waals surface area contributed by atoms with Crippen molar-refractivity contribution in [3.8, 4) is 0 Å². The van der Waals surface area contributed by atoms with E-state index in [0.29, 0.717) is 0 Å². The highest BCUT2D eigenvalue weighted by Crippen LogP contribution is 2.10. The molecule has 0 saturated carbocycles. The molecule has 0 radical (unpaired) electrons. The summed E-state index contributed by atoms with van der Waals surface area (Å²) in [5.74, 6) is 0.819. The summed E-state index contributed by atoms with van der Waals surface area (Å²) < 4.78 is 5.22. The van der Waals surface area contributed by atoms with Gasteiger partial charge in [-0.05, 0) is 25.8 Å². The van der Waals surface area contributed by atoms with Crippen LogP contribution in [-0.2, 0) is 4.74 Å². The lowest BCUT2D eigenvalue weighted by Gasteiger charge is -2.19. The Morgan fingerprint density at radius 2 is 1.90 bits per heavy atom. The molecule has 0 spiro atoms. The van der Waals surface area contributed by atoms with Crippen LogP contribution in [0.2, 0.25) is 0 Å². The van der Waals surface area contributed by atoms with Gasteiger partial charge < -0.3 is 15.4 Å². The molecular formula is C15H26IN3O. The first kappa shape index (κ1) is 19.2. The molecule has 0 aliphatic heterocycles. The number of methoxy groups -OCH3 is 1. The van der Waals surface area contributed by atoms with Gasteiger partial charge in [0.05, 0.1) is 12.1 Å². The van der Waals surface area contributed by atoms with Gasteiger partial charge in [-0.15, -0.1) is 24.0 Å². The van der Waals surface area contributed by atoms with Crippen molar-refractivity contribution in [3.63, 3.8) is 0 Å². The SMILES string of the molecule is CN=C(NCCC(C)OC)NC(C)c1ccccc1.I. The molecule has 0 aromatic heterocycles. The van der Waals surface area contributed by atoms with Crippen molar-refractivity contribution in [2.75, 3.05) is 20.7 Å². The lowest BCUT2D eigenvalue weighted by atomic mass is 10.1. The van der Waals surface area contributed by atoms with Crippen molar-refractivity contribution >= 4 is 29.9 Å². The van der Waals surface area contributed by atoms with E-state index in [1.165, 1.54) is 5.56 Å². The normalized spacial score (nSPS) is 14.1. The van der Waals surface area contributed by atoms with Gasteiger partial charge in [0, 0.05) is 20.7 Å². The van der Waals surface area contributed by atoms with E-state index in [0.717, 1.165) is 18.9 Å². The number of benzene rings is 1. The Bertz CT molecular complexity index is 384. The van der Waals surface area contributed by atoms with Crippen LogP contribution in [0.5, 0.6) is 0 Å². The quantitative estimate of drug-likeness (QED) is 0.445. The zero-order chi connectivity index (χ0) is 14.1. The molecule has 5 heteroatoms. The van der Waals surface area contributed by atoms with Gasteiger partial charge in [-0.3, -0.25) is 4.99 Å². The van der Waals surface area contributed by atoms with Crippen LogP contribution in [-0.4, -0.2) is 32.8 Å². The first-order valence-corrected chi connectivity index (χ1v) is 6.72. The molecule has 1 aromatic carbocycles. The summed E-state index contributed by atoms with van der Waals surface area (Å²) in [6.45, 7) is 5.03. The molecule has 1 aromatic rings. The first-order chi connectivity index (χ1) is 9.17. The van der Waals surface area contributed by atoms with E-state index < -0.39 is 0 Å². The lowest BCUT2D eigenvalue weighted by molar-refractivity contribution is 0.112. The topological polar surface area (TPSA) is 45.7 Å². The molecule has 2 atom stereocenters. The Labute approximate surface area is 139 Å². The van der Waals surface area contributed by atoms with E-state index in [4.69, 9.17) is 4.74 Å². The number of hydrogen-bond acceptors (Lipinski definition) is 2. The maximum absolute atomic E-state index is 5.22. The second kappa shape index (κ2) is 10.9. The van der Waals surface area contributed by atoms with E-state index >= 15 is 0 Å². The third kappa shape index (κ3) is 7.09. The number of guanidine groups is 1. The first-order valence-electron chi connectivity index (χ1n) is 6.72. The Morgan fingerprint density at radius 1 is 1.25 bits per heavy atom. The number of aliphatic imine (C=N–C) groups is 1. The van der Waals surface area contributed by atoms with E-state index in [1.54, 1.807) is 14.2 Å². The second-order valence-corrected chi connectivity index (χ2v) is 4.61. The van der Waals surface area contributed by atoms with Gasteiger partial charge in [-0.25, -0.2) is 0 Å². The average molecular weight is 391 g/mol. The molecule has 0 fully saturated rings. The van der Waals surface area contributed by atoms with Crippen molar-refractivity contribution in [1.82, 2.24) is 10.6 Å². The molecule has 114 valence electrons. The van der Waals surface area contributed by atoms with Crippen LogP contribution in [0.4, 0.5) is 0 Å². The Kier molecular flexibility index (Phi) is 10.5. The van der Waals surface area contributed by atoms with E-state index in [2.05, 4.69) is 41.6 Å². The zero-order valence-corrected chi connectivity index (χ0v) is 15.0. The fourth-order valence-electron chi connectivity index (χ4n) is 1.74. The van der Waals surface area contributed by atoms with E-state index in [9.17, 15) is 0 Å². The monoisotopic (exact) mass is 391 g/mol. The molecule has 2 N–H and O–H groups in total. The third-order valence-corrected chi connectivity index (χ3v) is 3.12. The molecule has 0 aliphatic rings. The molecule has 0 aliphatic carbocycles. The van der Waals surface area contributed by atoms with Crippen LogP contribution in [0.15, 0.2) is 35.3 Å². The maximum Gasteiger partial charge on any atom is 0.191 e. The molecule has 20 heavy (non-hydrogen) atoms. The highest BCUT2D eigenvalue weighted by molar-refractivity contribution is 14.0. The Morgan fingerprint density at radius 3 is 2.45 bits per heavy atom. The van der Waals surface area contributed by atoms with E-state index in [-0.39, 0.29) is 36.1 Å². The second-order valence-electron chi connectivity index (χ2n) is 4.61. The molecule has 0 amide bonds. The third-order valence-electron chi connectivity index (χ3n) is 3.12. The number of halogens is 1. The molecular weight excluding hydrogens is 365 g/mol. The molecule has 1 rings (SSSR count). The summed E-state index contributed by atoms with van der Waals surface area (Å²) >= 11 is 0. The summed E-state index contributed by atoms with van der Waals surface area (Å²) in [6, 6.07) is 10.6. The predicted molar refractivity (Wildman–Crippen MR) is 95.9 cm³/mol. The fourth-order valence-corrected chi connectivity index (χ4v) is 1.74. The Balaban J connectivity index is 0.00000361. The maximum atomic E-state index is 5.22. The standard InChI is InChI=1S/C15H25N3O.HI/c1-12(19-4)10-11-17-15(16-3)18-13(2)14-8-6-5-7-9-14;/h5-9,12-13H,10-11H2,1-4H3,(H2,16,17,18);1H. The summed E-state index contributed by atoms with van der Waals surface area (Å²) in [5, 5.41) is 6.67. The minimum Gasteiger partial charge on any atom is -0.382 e. The number of nitrogens with one attached hydrogen (secondary N) is 2. The van der Waals surface area contributed by atoms with Gasteiger partial charge in [0.15, 0.2) is 5.96 Å².